The summed E-state index contributed by atoms with van der Waals surface area (Å²) in [4.78, 5) is 12.5. The number of rotatable bonds is 2. The fourth-order valence-electron chi connectivity index (χ4n) is 0.790. The highest BCUT2D eigenvalue weighted by atomic mass is 127. The summed E-state index contributed by atoms with van der Waals surface area (Å²) in [5.41, 5.74) is -1.81. The SMILES string of the molecule is O=[N+]([O-])c1cc(O)c(I)nc1C(F)F. The third-order valence-corrected chi connectivity index (χ3v) is 2.16. The standard InChI is InChI=1S/C6H3F2IN2O3/c7-5(8)4-2(11(13)14)1-3(12)6(9)10-4/h1,5,12H. The van der Waals surface area contributed by atoms with Crippen molar-refractivity contribution >= 4 is 28.3 Å². The summed E-state index contributed by atoms with van der Waals surface area (Å²) >= 11 is 1.51. The molecule has 76 valence electrons. The van der Waals surface area contributed by atoms with E-state index in [-0.39, 0.29) is 3.70 Å². The van der Waals surface area contributed by atoms with Crippen molar-refractivity contribution in [1.29, 1.82) is 0 Å². The molecule has 0 aliphatic carbocycles. The van der Waals surface area contributed by atoms with Gasteiger partial charge in [-0.3, -0.25) is 10.1 Å². The summed E-state index contributed by atoms with van der Waals surface area (Å²) in [5.74, 6) is -0.485. The smallest absolute Gasteiger partial charge is 0.300 e. The lowest BCUT2D eigenvalue weighted by Crippen LogP contribution is -2.00. The van der Waals surface area contributed by atoms with E-state index in [4.69, 9.17) is 5.11 Å². The summed E-state index contributed by atoms with van der Waals surface area (Å²) in [6.45, 7) is 0. The van der Waals surface area contributed by atoms with Gasteiger partial charge < -0.3 is 5.11 Å². The Morgan fingerprint density at radius 1 is 1.64 bits per heavy atom. The maximum atomic E-state index is 12.2. The van der Waals surface area contributed by atoms with Crippen molar-refractivity contribution in [2.75, 3.05) is 0 Å². The second kappa shape index (κ2) is 3.98. The van der Waals surface area contributed by atoms with Crippen LogP contribution in [0.5, 0.6) is 5.75 Å². The lowest BCUT2D eigenvalue weighted by atomic mass is 10.3. The van der Waals surface area contributed by atoms with Crippen LogP contribution in [0.3, 0.4) is 0 Å². The first kappa shape index (κ1) is 11.0. The molecule has 14 heavy (non-hydrogen) atoms. The van der Waals surface area contributed by atoms with Gasteiger partial charge in [0.1, 0.15) is 3.70 Å². The number of aromatic nitrogens is 1. The Kier molecular flexibility index (Phi) is 3.13. The maximum absolute atomic E-state index is 12.2. The molecular weight excluding hydrogens is 313 g/mol. The van der Waals surface area contributed by atoms with Gasteiger partial charge in [-0.25, -0.2) is 13.8 Å². The number of alkyl halides is 2. The Hall–Kier alpha value is -1.06. The van der Waals surface area contributed by atoms with Gasteiger partial charge in [0.05, 0.1) is 11.0 Å². The summed E-state index contributed by atoms with van der Waals surface area (Å²) in [6, 6.07) is 0.663. The first-order valence-electron chi connectivity index (χ1n) is 3.25. The second-order valence-corrected chi connectivity index (χ2v) is 3.28. The molecule has 0 aliphatic rings. The molecule has 1 aromatic rings. The van der Waals surface area contributed by atoms with Crippen molar-refractivity contribution in [2.24, 2.45) is 0 Å². The maximum Gasteiger partial charge on any atom is 0.300 e. The minimum absolute atomic E-state index is 0.0940. The van der Waals surface area contributed by atoms with Crippen molar-refractivity contribution < 1.29 is 18.8 Å². The Bertz CT molecular complexity index is 386. The van der Waals surface area contributed by atoms with Gasteiger partial charge in [0, 0.05) is 0 Å². The monoisotopic (exact) mass is 316 g/mol. The number of nitrogens with zero attached hydrogens (tertiary/aromatic N) is 2. The average Bonchev–Trinajstić information content (AvgIpc) is 2.08. The molecule has 0 unspecified atom stereocenters. The molecule has 0 saturated carbocycles. The molecule has 8 heteroatoms. The highest BCUT2D eigenvalue weighted by molar-refractivity contribution is 14.1. The molecule has 0 aromatic carbocycles. The fraction of sp³-hybridized carbons (Fsp3) is 0.167. The molecule has 1 heterocycles. The zero-order valence-corrected chi connectivity index (χ0v) is 8.60. The molecular formula is C6H3F2IN2O3. The van der Waals surface area contributed by atoms with E-state index in [0.29, 0.717) is 6.07 Å². The molecule has 1 N–H and O–H groups in total. The van der Waals surface area contributed by atoms with Crippen molar-refractivity contribution in [1.82, 2.24) is 4.98 Å². The summed E-state index contributed by atoms with van der Waals surface area (Å²) in [7, 11) is 0. The Balaban J connectivity index is 3.39. The molecule has 0 aliphatic heterocycles. The average molecular weight is 316 g/mol. The van der Waals surface area contributed by atoms with Crippen LogP contribution in [-0.2, 0) is 0 Å². The van der Waals surface area contributed by atoms with E-state index in [1.807, 2.05) is 0 Å². The van der Waals surface area contributed by atoms with Crippen LogP contribution >= 0.6 is 22.6 Å². The number of pyridine rings is 1. The predicted molar refractivity (Wildman–Crippen MR) is 50.2 cm³/mol. The van der Waals surface area contributed by atoms with Crippen LogP contribution < -0.4 is 0 Å². The van der Waals surface area contributed by atoms with Gasteiger partial charge >= 0.3 is 0 Å². The molecule has 0 bridgehead atoms. The van der Waals surface area contributed by atoms with Crippen molar-refractivity contribution in [3.63, 3.8) is 0 Å². The summed E-state index contributed by atoms with van der Waals surface area (Å²) < 4.78 is 24.4. The second-order valence-electron chi connectivity index (χ2n) is 2.26. The molecule has 0 radical (unpaired) electrons. The first-order valence-corrected chi connectivity index (χ1v) is 4.33. The van der Waals surface area contributed by atoms with E-state index in [9.17, 15) is 18.9 Å². The van der Waals surface area contributed by atoms with Crippen LogP contribution in [0.25, 0.3) is 0 Å². The molecule has 1 aromatic heterocycles. The highest BCUT2D eigenvalue weighted by Gasteiger charge is 2.25. The van der Waals surface area contributed by atoms with Crippen LogP contribution in [0.15, 0.2) is 6.07 Å². The van der Waals surface area contributed by atoms with Gasteiger partial charge in [-0.15, -0.1) is 0 Å². The van der Waals surface area contributed by atoms with Crippen LogP contribution in [0.2, 0.25) is 0 Å². The van der Waals surface area contributed by atoms with E-state index in [1.165, 1.54) is 22.6 Å². The molecule has 0 saturated heterocycles. The van der Waals surface area contributed by atoms with E-state index < -0.39 is 28.5 Å². The number of halogens is 3. The summed E-state index contributed by atoms with van der Waals surface area (Å²) in [5, 5.41) is 19.3. The van der Waals surface area contributed by atoms with Gasteiger partial charge in [-0.1, -0.05) is 0 Å². The highest BCUT2D eigenvalue weighted by Crippen LogP contribution is 2.31. The first-order chi connectivity index (χ1) is 6.43. The third-order valence-electron chi connectivity index (χ3n) is 1.37. The topological polar surface area (TPSA) is 76.3 Å². The van der Waals surface area contributed by atoms with E-state index >= 15 is 0 Å². The quantitative estimate of drug-likeness (QED) is 0.393. The van der Waals surface area contributed by atoms with Gasteiger partial charge in [-0.2, -0.15) is 0 Å². The third kappa shape index (κ3) is 2.05. The number of hydrogen-bond donors (Lipinski definition) is 1. The molecule has 0 amide bonds. The van der Waals surface area contributed by atoms with Gasteiger partial charge in [-0.05, 0) is 22.6 Å². The lowest BCUT2D eigenvalue weighted by molar-refractivity contribution is -0.386. The Labute approximate surface area is 90.1 Å². The van der Waals surface area contributed by atoms with E-state index in [0.717, 1.165) is 0 Å². The number of aromatic hydroxyl groups is 1. The van der Waals surface area contributed by atoms with Crippen LogP contribution in [0.4, 0.5) is 14.5 Å². The van der Waals surface area contributed by atoms with Gasteiger partial charge in [0.15, 0.2) is 11.4 Å². The number of nitro groups is 1. The zero-order valence-electron chi connectivity index (χ0n) is 6.45. The number of hydrogen-bond acceptors (Lipinski definition) is 4. The fourth-order valence-corrected chi connectivity index (χ4v) is 1.21. The van der Waals surface area contributed by atoms with Crippen LogP contribution in [-0.4, -0.2) is 15.0 Å². The Morgan fingerprint density at radius 2 is 2.21 bits per heavy atom. The normalized spacial score (nSPS) is 10.6. The minimum Gasteiger partial charge on any atom is -0.505 e. The van der Waals surface area contributed by atoms with Crippen LogP contribution in [0, 0.1) is 13.8 Å². The molecule has 1 rings (SSSR count). The van der Waals surface area contributed by atoms with E-state index in [1.54, 1.807) is 0 Å². The molecule has 0 atom stereocenters. The summed E-state index contributed by atoms with van der Waals surface area (Å²) in [6.07, 6.45) is -3.04. The predicted octanol–water partition coefficient (Wildman–Crippen LogP) is 2.24. The van der Waals surface area contributed by atoms with Crippen LogP contribution in [0.1, 0.15) is 12.1 Å². The molecule has 0 spiro atoms. The minimum atomic E-state index is -3.04. The Morgan fingerprint density at radius 3 is 2.64 bits per heavy atom. The van der Waals surface area contributed by atoms with E-state index in [2.05, 4.69) is 4.98 Å². The molecule has 5 nitrogen and oxygen atoms in total. The lowest BCUT2D eigenvalue weighted by Gasteiger charge is -2.02. The van der Waals surface area contributed by atoms with Crippen molar-refractivity contribution in [3.8, 4) is 5.75 Å². The van der Waals surface area contributed by atoms with Crippen molar-refractivity contribution in [3.05, 3.63) is 25.6 Å². The molecule has 0 fully saturated rings. The van der Waals surface area contributed by atoms with Gasteiger partial charge in [0.2, 0.25) is 0 Å². The van der Waals surface area contributed by atoms with Gasteiger partial charge in [0.25, 0.3) is 12.1 Å². The van der Waals surface area contributed by atoms with Crippen molar-refractivity contribution in [2.45, 2.75) is 6.43 Å². The zero-order chi connectivity index (χ0) is 10.9. The largest absolute Gasteiger partial charge is 0.505 e.